The second-order valence-electron chi connectivity index (χ2n) is 5.60. The van der Waals surface area contributed by atoms with Crippen LogP contribution >= 0.6 is 0 Å². The van der Waals surface area contributed by atoms with Gasteiger partial charge in [-0.3, -0.25) is 9.88 Å². The molecule has 0 aromatic carbocycles. The number of hydrogen-bond acceptors (Lipinski definition) is 5. The van der Waals surface area contributed by atoms with Gasteiger partial charge in [0, 0.05) is 19.2 Å². The maximum Gasteiger partial charge on any atom is 0.138 e. The van der Waals surface area contributed by atoms with Crippen molar-refractivity contribution in [3.8, 4) is 11.8 Å². The van der Waals surface area contributed by atoms with Gasteiger partial charge >= 0.3 is 0 Å². The van der Waals surface area contributed by atoms with Gasteiger partial charge in [-0.2, -0.15) is 5.26 Å². The van der Waals surface area contributed by atoms with Gasteiger partial charge in [0.15, 0.2) is 0 Å². The molecule has 1 aromatic rings. The van der Waals surface area contributed by atoms with Crippen LogP contribution in [0.5, 0.6) is 5.75 Å². The standard InChI is InChI=1S/C15H19N3O2/c16-5-8-18-7-2-4-15(12-18)9-14(11-19-15)20-13-3-1-6-17-10-13/h1,3,6,10,14H,2,4,7-9,11-12H2/t14-,15-/m0/s1. The Labute approximate surface area is 119 Å². The minimum atomic E-state index is -0.123. The molecule has 2 atom stereocenters. The maximum atomic E-state index is 8.83. The van der Waals surface area contributed by atoms with E-state index in [1.165, 1.54) is 0 Å². The fraction of sp³-hybridized carbons (Fsp3) is 0.600. The number of ether oxygens (including phenoxy) is 2. The Bertz CT molecular complexity index is 488. The van der Waals surface area contributed by atoms with Crippen molar-refractivity contribution < 1.29 is 9.47 Å². The van der Waals surface area contributed by atoms with E-state index in [0.29, 0.717) is 13.2 Å². The summed E-state index contributed by atoms with van der Waals surface area (Å²) in [6.45, 7) is 2.94. The van der Waals surface area contributed by atoms with Crippen molar-refractivity contribution in [3.05, 3.63) is 24.5 Å². The van der Waals surface area contributed by atoms with E-state index in [-0.39, 0.29) is 11.7 Å². The zero-order valence-electron chi connectivity index (χ0n) is 11.5. The summed E-state index contributed by atoms with van der Waals surface area (Å²) in [5.74, 6) is 0.794. The van der Waals surface area contributed by atoms with Crippen molar-refractivity contribution >= 4 is 0 Å². The molecule has 20 heavy (non-hydrogen) atoms. The molecule has 0 bridgehead atoms. The third kappa shape index (κ3) is 2.92. The summed E-state index contributed by atoms with van der Waals surface area (Å²) >= 11 is 0. The van der Waals surface area contributed by atoms with Crippen molar-refractivity contribution in [1.82, 2.24) is 9.88 Å². The van der Waals surface area contributed by atoms with Crippen LogP contribution in [0, 0.1) is 11.3 Å². The number of pyridine rings is 1. The average molecular weight is 273 g/mol. The molecule has 0 unspecified atom stereocenters. The lowest BCUT2D eigenvalue weighted by Crippen LogP contribution is -2.48. The fourth-order valence-corrected chi connectivity index (χ4v) is 3.20. The second-order valence-corrected chi connectivity index (χ2v) is 5.60. The van der Waals surface area contributed by atoms with E-state index in [1.54, 1.807) is 12.4 Å². The Balaban J connectivity index is 1.60. The molecule has 2 saturated heterocycles. The highest BCUT2D eigenvalue weighted by molar-refractivity contribution is 5.16. The predicted octanol–water partition coefficient (Wildman–Crippen LogP) is 1.61. The van der Waals surface area contributed by atoms with Gasteiger partial charge < -0.3 is 9.47 Å². The number of aromatic nitrogens is 1. The third-order valence-electron chi connectivity index (χ3n) is 4.03. The van der Waals surface area contributed by atoms with Crippen molar-refractivity contribution in [2.45, 2.75) is 31.0 Å². The van der Waals surface area contributed by atoms with Gasteiger partial charge in [-0.1, -0.05) is 0 Å². The predicted molar refractivity (Wildman–Crippen MR) is 73.2 cm³/mol. The molecule has 0 aliphatic carbocycles. The van der Waals surface area contributed by atoms with E-state index in [2.05, 4.69) is 16.0 Å². The van der Waals surface area contributed by atoms with Gasteiger partial charge in [-0.15, -0.1) is 0 Å². The molecule has 106 valence electrons. The molecule has 3 rings (SSSR count). The zero-order chi connectivity index (χ0) is 13.8. The zero-order valence-corrected chi connectivity index (χ0v) is 11.5. The molecule has 0 saturated carbocycles. The maximum absolute atomic E-state index is 8.83. The molecular weight excluding hydrogens is 254 g/mol. The molecule has 2 aliphatic heterocycles. The van der Waals surface area contributed by atoms with Gasteiger partial charge in [0.05, 0.1) is 31.0 Å². The van der Waals surface area contributed by atoms with Crippen LogP contribution in [0.2, 0.25) is 0 Å². The summed E-state index contributed by atoms with van der Waals surface area (Å²) in [6, 6.07) is 6.01. The molecule has 0 N–H and O–H groups in total. The Kier molecular flexibility index (Phi) is 3.86. The molecule has 2 aliphatic rings. The Morgan fingerprint density at radius 1 is 1.60 bits per heavy atom. The van der Waals surface area contributed by atoms with E-state index in [4.69, 9.17) is 14.7 Å². The van der Waals surface area contributed by atoms with E-state index < -0.39 is 0 Å². The van der Waals surface area contributed by atoms with Crippen LogP contribution in [-0.2, 0) is 4.74 Å². The molecular formula is C15H19N3O2. The van der Waals surface area contributed by atoms with Gasteiger partial charge in [-0.25, -0.2) is 0 Å². The molecule has 3 heterocycles. The van der Waals surface area contributed by atoms with Gasteiger partial charge in [0.25, 0.3) is 0 Å². The highest BCUT2D eigenvalue weighted by atomic mass is 16.6. The number of piperidine rings is 1. The van der Waals surface area contributed by atoms with Crippen LogP contribution in [0.25, 0.3) is 0 Å². The first-order valence-corrected chi connectivity index (χ1v) is 7.10. The van der Waals surface area contributed by atoms with Crippen LogP contribution in [0.4, 0.5) is 0 Å². The topological polar surface area (TPSA) is 58.4 Å². The van der Waals surface area contributed by atoms with Gasteiger partial charge in [0.1, 0.15) is 11.9 Å². The summed E-state index contributed by atoms with van der Waals surface area (Å²) in [7, 11) is 0. The van der Waals surface area contributed by atoms with Crippen molar-refractivity contribution in [1.29, 1.82) is 5.26 Å². The molecule has 0 amide bonds. The first-order valence-electron chi connectivity index (χ1n) is 7.10. The summed E-state index contributed by atoms with van der Waals surface area (Å²) in [6.07, 6.45) is 6.59. The number of likely N-dealkylation sites (tertiary alicyclic amines) is 1. The van der Waals surface area contributed by atoms with E-state index in [0.717, 1.165) is 38.1 Å². The number of hydrogen-bond donors (Lipinski definition) is 0. The minimum Gasteiger partial charge on any atom is -0.486 e. The van der Waals surface area contributed by atoms with Gasteiger partial charge in [-0.05, 0) is 31.5 Å². The normalized spacial score (nSPS) is 30.2. The van der Waals surface area contributed by atoms with Crippen molar-refractivity contribution in [3.63, 3.8) is 0 Å². The highest BCUT2D eigenvalue weighted by Crippen LogP contribution is 2.35. The lowest BCUT2D eigenvalue weighted by Gasteiger charge is -2.38. The van der Waals surface area contributed by atoms with Crippen molar-refractivity contribution in [2.24, 2.45) is 0 Å². The smallest absolute Gasteiger partial charge is 0.138 e. The highest BCUT2D eigenvalue weighted by Gasteiger charge is 2.44. The minimum absolute atomic E-state index is 0.0845. The number of nitrogens with zero attached hydrogens (tertiary/aromatic N) is 3. The first-order chi connectivity index (χ1) is 9.80. The van der Waals surface area contributed by atoms with E-state index in [9.17, 15) is 0 Å². The number of nitriles is 1. The average Bonchev–Trinajstić information content (AvgIpc) is 2.83. The molecule has 2 fully saturated rings. The monoisotopic (exact) mass is 273 g/mol. The van der Waals surface area contributed by atoms with Crippen LogP contribution in [0.15, 0.2) is 24.5 Å². The van der Waals surface area contributed by atoms with Gasteiger partial charge in [0.2, 0.25) is 0 Å². The van der Waals surface area contributed by atoms with Crippen LogP contribution in [0.1, 0.15) is 19.3 Å². The van der Waals surface area contributed by atoms with E-state index in [1.807, 2.05) is 12.1 Å². The summed E-state index contributed by atoms with van der Waals surface area (Å²) in [5, 5.41) is 8.83. The van der Waals surface area contributed by atoms with Crippen molar-refractivity contribution in [2.75, 3.05) is 26.2 Å². The van der Waals surface area contributed by atoms with Crippen LogP contribution in [-0.4, -0.2) is 47.8 Å². The third-order valence-corrected chi connectivity index (χ3v) is 4.03. The fourth-order valence-electron chi connectivity index (χ4n) is 3.20. The summed E-state index contributed by atoms with van der Waals surface area (Å²) < 4.78 is 12.0. The summed E-state index contributed by atoms with van der Waals surface area (Å²) in [5.41, 5.74) is -0.123. The SMILES string of the molecule is N#CCN1CCC[C@]2(C[C@H](Oc3cccnc3)CO2)C1. The number of rotatable bonds is 3. The molecule has 1 spiro atoms. The van der Waals surface area contributed by atoms with Crippen LogP contribution in [0.3, 0.4) is 0 Å². The molecule has 5 nitrogen and oxygen atoms in total. The molecule has 1 aromatic heterocycles. The van der Waals surface area contributed by atoms with Crippen LogP contribution < -0.4 is 4.74 Å². The quantitative estimate of drug-likeness (QED) is 0.783. The van der Waals surface area contributed by atoms with E-state index >= 15 is 0 Å². The molecule has 0 radical (unpaired) electrons. The lowest BCUT2D eigenvalue weighted by molar-refractivity contribution is -0.0488. The first kappa shape index (κ1) is 13.3. The lowest BCUT2D eigenvalue weighted by atomic mass is 9.89. The summed E-state index contributed by atoms with van der Waals surface area (Å²) in [4.78, 5) is 6.23. The largest absolute Gasteiger partial charge is 0.486 e. The Morgan fingerprint density at radius 2 is 2.55 bits per heavy atom. The molecule has 5 heteroatoms. The Morgan fingerprint density at radius 3 is 3.35 bits per heavy atom. The second kappa shape index (κ2) is 5.78. The Hall–Kier alpha value is -1.64.